The fourth-order valence-corrected chi connectivity index (χ4v) is 8.30. The first kappa shape index (κ1) is 27.6. The number of epoxide rings is 1. The number of aliphatic hydroxyl groups is 2. The van der Waals surface area contributed by atoms with E-state index in [4.69, 9.17) is 22.4 Å². The van der Waals surface area contributed by atoms with Crippen LogP contribution in [0, 0.1) is 5.92 Å². The third kappa shape index (κ3) is 6.63. The van der Waals surface area contributed by atoms with Gasteiger partial charge in [0.1, 0.15) is 28.5 Å². The number of rotatable bonds is 6. The van der Waals surface area contributed by atoms with E-state index >= 15 is 0 Å². The summed E-state index contributed by atoms with van der Waals surface area (Å²) < 4.78 is 39.2. The highest BCUT2D eigenvalue weighted by Crippen LogP contribution is 2.55. The molecule has 2 fully saturated rings. The number of ether oxygens (including phenoxy) is 2. The first-order valence-electron chi connectivity index (χ1n) is 11.6. The van der Waals surface area contributed by atoms with E-state index in [1.165, 1.54) is 16.7 Å². The van der Waals surface area contributed by atoms with Crippen molar-refractivity contribution < 1.29 is 32.7 Å². The minimum absolute atomic E-state index is 0.0704. The normalized spacial score (nSPS) is 35.2. The van der Waals surface area contributed by atoms with Gasteiger partial charge in [-0.1, -0.05) is 35.9 Å². The van der Waals surface area contributed by atoms with Crippen molar-refractivity contribution in [2.75, 3.05) is 19.1 Å². The van der Waals surface area contributed by atoms with E-state index in [9.17, 15) is 10.2 Å². The van der Waals surface area contributed by atoms with Gasteiger partial charge in [0.2, 0.25) is 0 Å². The van der Waals surface area contributed by atoms with Crippen LogP contribution in [0.2, 0.25) is 0 Å². The van der Waals surface area contributed by atoms with E-state index in [1.807, 2.05) is 0 Å². The summed E-state index contributed by atoms with van der Waals surface area (Å²) in [5.74, 6) is 2.62. The molecule has 0 aromatic heterocycles. The Morgan fingerprint density at radius 3 is 2.35 bits per heavy atom. The lowest BCUT2D eigenvalue weighted by Crippen LogP contribution is -2.62. The minimum atomic E-state index is -3.92. The van der Waals surface area contributed by atoms with Gasteiger partial charge >= 0.3 is 0 Å². The lowest BCUT2D eigenvalue weighted by molar-refractivity contribution is -0.169. The highest BCUT2D eigenvalue weighted by Gasteiger charge is 2.68. The second kappa shape index (κ2) is 10.6. The molecule has 1 aromatic rings. The Bertz CT molecular complexity index is 958. The first-order chi connectivity index (χ1) is 15.8. The second-order valence-electron chi connectivity index (χ2n) is 10.2. The molecule has 0 amide bonds. The average Bonchev–Trinajstić information content (AvgIpc) is 3.20. The fourth-order valence-electron chi connectivity index (χ4n) is 5.52. The van der Waals surface area contributed by atoms with Crippen LogP contribution in [0.25, 0.3) is 0 Å². The summed E-state index contributed by atoms with van der Waals surface area (Å²) in [6, 6.07) is 8.64. The molecule has 2 N–H and O–H groups in total. The van der Waals surface area contributed by atoms with Crippen LogP contribution in [0.5, 0.6) is 0 Å². The number of fused-ring (bicyclic) bond motifs is 1. The number of hydrogen-bond donors (Lipinski definition) is 2. The third-order valence-corrected chi connectivity index (χ3v) is 9.41. The molecule has 1 saturated carbocycles. The van der Waals surface area contributed by atoms with Gasteiger partial charge in [0.05, 0.1) is 34.3 Å². The summed E-state index contributed by atoms with van der Waals surface area (Å²) in [6.07, 6.45) is 3.94. The van der Waals surface area contributed by atoms with Gasteiger partial charge in [-0.2, -0.15) is 0 Å². The lowest BCUT2D eigenvalue weighted by Gasteiger charge is -2.47. The molecule has 1 aromatic carbocycles. The topological polar surface area (TPSA) is 119 Å². The smallest absolute Gasteiger partial charge is 0.137 e. The number of aliphatic hydroxyl groups excluding tert-OH is 1. The highest BCUT2D eigenvalue weighted by atomic mass is 32.2. The van der Waals surface area contributed by atoms with Gasteiger partial charge in [-0.25, -0.2) is 8.42 Å². The van der Waals surface area contributed by atoms with Crippen molar-refractivity contribution in [3.8, 4) is 0 Å². The Kier molecular flexibility index (Phi) is 8.60. The van der Waals surface area contributed by atoms with Gasteiger partial charge in [-0.15, -0.1) is 0 Å². The molecule has 0 spiro atoms. The van der Waals surface area contributed by atoms with Crippen LogP contribution in [0.3, 0.4) is 0 Å². The molecule has 192 valence electrons. The van der Waals surface area contributed by atoms with Gasteiger partial charge in [-0.05, 0) is 50.9 Å². The van der Waals surface area contributed by atoms with Crippen molar-refractivity contribution in [1.29, 1.82) is 0 Å². The largest absolute Gasteiger partial charge is 0.748 e. The van der Waals surface area contributed by atoms with Gasteiger partial charge < -0.3 is 24.2 Å². The fraction of sp³-hybridized carbons (Fsp3) is 0.680. The number of benzene rings is 1. The van der Waals surface area contributed by atoms with E-state index in [-0.39, 0.29) is 22.9 Å². The molecule has 1 aliphatic carbocycles. The molecule has 0 unspecified atom stereocenters. The maximum absolute atomic E-state index is 12.0. The standard InChI is InChI=1S/C24H35O4S.CH4O3S/c1-16(2)9-10-20-23(3,28-20)22-21(27-4)19(25)11-12-24(22,26)15-29-13-17-7-5-6-8-18(17)14-29;1-5(2,3)4/h5-9,19-22,25-26H,10-15H2,1-4H3;1H3,(H,2,3,4)/q+1;/p-1/t19-,20-,21-,22-,23+,24+;/m1./s1. The molecule has 0 radical (unpaired) electrons. The Labute approximate surface area is 206 Å². The molecule has 2 heterocycles. The summed E-state index contributed by atoms with van der Waals surface area (Å²) in [7, 11) is -2.16. The maximum Gasteiger partial charge on any atom is 0.137 e. The van der Waals surface area contributed by atoms with Crippen LogP contribution in [0.15, 0.2) is 35.9 Å². The number of allylic oxidation sites excluding steroid dienone is 1. The Morgan fingerprint density at radius 1 is 1.29 bits per heavy atom. The zero-order chi connectivity index (χ0) is 25.3. The zero-order valence-corrected chi connectivity index (χ0v) is 22.3. The molecular weight excluding hydrogens is 476 g/mol. The van der Waals surface area contributed by atoms with Crippen molar-refractivity contribution >= 4 is 21.0 Å². The summed E-state index contributed by atoms with van der Waals surface area (Å²) in [5, 5.41) is 22.6. The summed E-state index contributed by atoms with van der Waals surface area (Å²) in [5.41, 5.74) is 2.78. The summed E-state index contributed by atoms with van der Waals surface area (Å²) in [4.78, 5) is 0. The van der Waals surface area contributed by atoms with Crippen molar-refractivity contribution in [3.63, 3.8) is 0 Å². The molecule has 9 heteroatoms. The van der Waals surface area contributed by atoms with Crippen molar-refractivity contribution in [3.05, 3.63) is 47.0 Å². The van der Waals surface area contributed by atoms with Gasteiger partial charge in [-0.3, -0.25) is 0 Å². The Hall–Kier alpha value is -0.940. The van der Waals surface area contributed by atoms with Gasteiger partial charge in [0, 0.05) is 24.5 Å². The molecule has 7 nitrogen and oxygen atoms in total. The second-order valence-corrected chi connectivity index (χ2v) is 13.7. The third-order valence-electron chi connectivity index (χ3n) is 7.06. The van der Waals surface area contributed by atoms with E-state index in [0.717, 1.165) is 23.7 Å². The molecule has 6 atom stereocenters. The molecule has 2 aliphatic heterocycles. The average molecular weight is 515 g/mol. The SMILES string of the molecule is CO[C@@H]1[C@H](O)CC[C@](O)(C[S+]2Cc3ccccc3C2)[C@H]1[C@@]1(C)O[C@@H]1CC=C(C)C.CS(=O)(=O)[O-]. The number of hydrogen-bond acceptors (Lipinski definition) is 7. The van der Waals surface area contributed by atoms with Crippen molar-refractivity contribution in [2.24, 2.45) is 5.92 Å². The van der Waals surface area contributed by atoms with E-state index in [1.54, 1.807) is 7.11 Å². The van der Waals surface area contributed by atoms with Crippen LogP contribution < -0.4 is 0 Å². The summed E-state index contributed by atoms with van der Waals surface area (Å²) >= 11 is 0. The van der Waals surface area contributed by atoms with Crippen LogP contribution in [-0.2, 0) is 42.0 Å². The monoisotopic (exact) mass is 514 g/mol. The zero-order valence-electron chi connectivity index (χ0n) is 20.7. The van der Waals surface area contributed by atoms with Gasteiger partial charge in [0.15, 0.2) is 0 Å². The molecule has 34 heavy (non-hydrogen) atoms. The lowest BCUT2D eigenvalue weighted by atomic mass is 9.66. The minimum Gasteiger partial charge on any atom is -0.748 e. The van der Waals surface area contributed by atoms with E-state index in [0.29, 0.717) is 19.1 Å². The molecule has 0 bridgehead atoms. The maximum atomic E-state index is 12.0. The van der Waals surface area contributed by atoms with Crippen molar-refractivity contribution in [1.82, 2.24) is 0 Å². The van der Waals surface area contributed by atoms with Crippen LogP contribution in [0.4, 0.5) is 0 Å². The molecule has 3 aliphatic rings. The molecule has 1 saturated heterocycles. The van der Waals surface area contributed by atoms with Gasteiger partial charge in [0.25, 0.3) is 0 Å². The number of methoxy groups -OCH3 is 1. The van der Waals surface area contributed by atoms with Crippen LogP contribution in [0.1, 0.15) is 51.2 Å². The van der Waals surface area contributed by atoms with Crippen molar-refractivity contribution in [2.45, 2.75) is 81.1 Å². The van der Waals surface area contributed by atoms with E-state index in [2.05, 4.69) is 51.1 Å². The van der Waals surface area contributed by atoms with Crippen LogP contribution >= 0.6 is 0 Å². The Morgan fingerprint density at radius 2 is 1.85 bits per heavy atom. The first-order valence-corrected chi connectivity index (χ1v) is 15.2. The Balaban J connectivity index is 0.000000588. The predicted molar refractivity (Wildman–Crippen MR) is 134 cm³/mol. The van der Waals surface area contributed by atoms with E-state index < -0.39 is 33.5 Å². The molecule has 4 rings (SSSR count). The predicted octanol–water partition coefficient (Wildman–Crippen LogP) is 2.51. The molecular formula is C25H38O7S2. The summed E-state index contributed by atoms with van der Waals surface area (Å²) in [6.45, 7) is 6.29. The van der Waals surface area contributed by atoms with Crippen LogP contribution in [-0.4, -0.2) is 71.8 Å². The highest BCUT2D eigenvalue weighted by molar-refractivity contribution is 7.95. The quantitative estimate of drug-likeness (QED) is 0.259.